The van der Waals surface area contributed by atoms with Gasteiger partial charge in [0.15, 0.2) is 11.6 Å². The molecule has 132 valence electrons. The molecule has 0 heterocycles. The van der Waals surface area contributed by atoms with Crippen LogP contribution in [0.5, 0.6) is 0 Å². The quantitative estimate of drug-likeness (QED) is 0.702. The van der Waals surface area contributed by atoms with Crippen LogP contribution in [-0.2, 0) is 16.0 Å². The molecular formula is C24H24O2. The first-order valence-electron chi connectivity index (χ1n) is 9.44. The Labute approximate surface area is 154 Å². The lowest BCUT2D eigenvalue weighted by Crippen LogP contribution is -2.15. The van der Waals surface area contributed by atoms with Crippen LogP contribution in [0.3, 0.4) is 0 Å². The largest absolute Gasteiger partial charge is 0.290 e. The fourth-order valence-corrected chi connectivity index (χ4v) is 4.38. The third-order valence-corrected chi connectivity index (χ3v) is 5.74. The molecular weight excluding hydrogens is 320 g/mol. The summed E-state index contributed by atoms with van der Waals surface area (Å²) in [4.78, 5) is 24.5. The predicted molar refractivity (Wildman–Crippen MR) is 106 cm³/mol. The van der Waals surface area contributed by atoms with Crippen molar-refractivity contribution < 1.29 is 9.59 Å². The van der Waals surface area contributed by atoms with Crippen molar-refractivity contribution in [2.45, 2.75) is 51.9 Å². The van der Waals surface area contributed by atoms with E-state index in [2.05, 4.69) is 52.0 Å². The molecule has 2 aliphatic carbocycles. The van der Waals surface area contributed by atoms with Crippen molar-refractivity contribution in [2.75, 3.05) is 0 Å². The van der Waals surface area contributed by atoms with Crippen LogP contribution >= 0.6 is 0 Å². The Morgan fingerprint density at radius 2 is 1.73 bits per heavy atom. The molecule has 0 aliphatic heterocycles. The third kappa shape index (κ3) is 2.56. The highest BCUT2D eigenvalue weighted by Crippen LogP contribution is 2.46. The summed E-state index contributed by atoms with van der Waals surface area (Å²) in [6.45, 7) is 8.81. The maximum absolute atomic E-state index is 12.5. The second-order valence-corrected chi connectivity index (χ2v) is 8.11. The Kier molecular flexibility index (Phi) is 3.95. The Balaban J connectivity index is 1.97. The maximum Gasteiger partial charge on any atom is 0.182 e. The first-order chi connectivity index (χ1) is 12.4. The Morgan fingerprint density at radius 3 is 2.42 bits per heavy atom. The van der Waals surface area contributed by atoms with Gasteiger partial charge in [0.25, 0.3) is 0 Å². The topological polar surface area (TPSA) is 34.1 Å². The zero-order valence-electron chi connectivity index (χ0n) is 15.8. The van der Waals surface area contributed by atoms with Gasteiger partial charge in [0, 0.05) is 11.5 Å². The monoisotopic (exact) mass is 344 g/mol. The van der Waals surface area contributed by atoms with Crippen molar-refractivity contribution in [3.05, 3.63) is 70.3 Å². The SMILES string of the molecule is CC(C)c1cc2c3c(c(C(C)C)ccc3c1)CC2C1=CC(=O)C=CC1=O. The van der Waals surface area contributed by atoms with Crippen molar-refractivity contribution in [2.24, 2.45) is 0 Å². The van der Waals surface area contributed by atoms with Crippen LogP contribution in [0.15, 0.2) is 48.1 Å². The molecule has 0 fully saturated rings. The summed E-state index contributed by atoms with van der Waals surface area (Å²) in [6.07, 6.45) is 5.14. The number of carbonyl (C=O) groups excluding carboxylic acids is 2. The summed E-state index contributed by atoms with van der Waals surface area (Å²) < 4.78 is 0. The van der Waals surface area contributed by atoms with E-state index in [4.69, 9.17) is 0 Å². The van der Waals surface area contributed by atoms with Gasteiger partial charge < -0.3 is 0 Å². The van der Waals surface area contributed by atoms with Crippen LogP contribution < -0.4 is 0 Å². The van der Waals surface area contributed by atoms with Crippen molar-refractivity contribution in [3.8, 4) is 0 Å². The Morgan fingerprint density at radius 1 is 0.962 bits per heavy atom. The molecule has 0 spiro atoms. The van der Waals surface area contributed by atoms with Gasteiger partial charge in [-0.05, 0) is 69.5 Å². The van der Waals surface area contributed by atoms with Crippen molar-refractivity contribution in [1.82, 2.24) is 0 Å². The van der Waals surface area contributed by atoms with Gasteiger partial charge in [-0.3, -0.25) is 9.59 Å². The lowest BCUT2D eigenvalue weighted by Gasteiger charge is -2.17. The molecule has 0 amide bonds. The van der Waals surface area contributed by atoms with Crippen molar-refractivity contribution >= 4 is 22.3 Å². The standard InChI is InChI=1S/C24H24O2/c1-13(2)16-9-15-5-7-18(14(3)4)22-12-19(21(10-16)24(15)22)20-11-17(25)6-8-23(20)26/h5-11,13-14,19H,12H2,1-4H3. The van der Waals surface area contributed by atoms with E-state index in [-0.39, 0.29) is 17.5 Å². The number of carbonyl (C=O) groups is 2. The van der Waals surface area contributed by atoms with Crippen LogP contribution in [-0.4, -0.2) is 11.6 Å². The molecule has 0 saturated carbocycles. The third-order valence-electron chi connectivity index (χ3n) is 5.74. The molecule has 0 saturated heterocycles. The second kappa shape index (κ2) is 6.05. The highest BCUT2D eigenvalue weighted by molar-refractivity contribution is 6.18. The maximum atomic E-state index is 12.5. The van der Waals surface area contributed by atoms with E-state index in [9.17, 15) is 9.59 Å². The molecule has 2 heteroatoms. The first-order valence-corrected chi connectivity index (χ1v) is 9.44. The minimum absolute atomic E-state index is 0.0208. The molecule has 0 bridgehead atoms. The number of rotatable bonds is 3. The number of benzene rings is 2. The van der Waals surface area contributed by atoms with E-state index in [0.717, 1.165) is 6.42 Å². The molecule has 1 unspecified atom stereocenters. The van der Waals surface area contributed by atoms with Gasteiger partial charge in [0.2, 0.25) is 0 Å². The second-order valence-electron chi connectivity index (χ2n) is 8.11. The summed E-state index contributed by atoms with van der Waals surface area (Å²) in [5.41, 5.74) is 5.85. The molecule has 0 radical (unpaired) electrons. The molecule has 4 rings (SSSR count). The van der Waals surface area contributed by atoms with Gasteiger partial charge in [-0.15, -0.1) is 0 Å². The summed E-state index contributed by atoms with van der Waals surface area (Å²) in [7, 11) is 0. The summed E-state index contributed by atoms with van der Waals surface area (Å²) >= 11 is 0. The van der Waals surface area contributed by atoms with Gasteiger partial charge >= 0.3 is 0 Å². The van der Waals surface area contributed by atoms with Gasteiger partial charge in [0.05, 0.1) is 0 Å². The summed E-state index contributed by atoms with van der Waals surface area (Å²) in [6, 6.07) is 8.99. The zero-order valence-corrected chi connectivity index (χ0v) is 15.8. The van der Waals surface area contributed by atoms with Crippen molar-refractivity contribution in [1.29, 1.82) is 0 Å². The molecule has 2 aliphatic rings. The smallest absolute Gasteiger partial charge is 0.182 e. The van der Waals surface area contributed by atoms with Crippen LogP contribution in [0, 0.1) is 0 Å². The fraction of sp³-hybridized carbons (Fsp3) is 0.333. The van der Waals surface area contributed by atoms with Gasteiger partial charge in [-0.25, -0.2) is 0 Å². The summed E-state index contributed by atoms with van der Waals surface area (Å²) in [5.74, 6) is 0.714. The minimum atomic E-state index is -0.0871. The molecule has 26 heavy (non-hydrogen) atoms. The summed E-state index contributed by atoms with van der Waals surface area (Å²) in [5, 5.41) is 2.54. The minimum Gasteiger partial charge on any atom is -0.290 e. The van der Waals surface area contributed by atoms with E-state index in [0.29, 0.717) is 17.4 Å². The zero-order chi connectivity index (χ0) is 18.6. The van der Waals surface area contributed by atoms with E-state index in [1.54, 1.807) is 6.08 Å². The number of ketones is 2. The van der Waals surface area contributed by atoms with Gasteiger partial charge in [-0.1, -0.05) is 52.0 Å². The van der Waals surface area contributed by atoms with Crippen LogP contribution in [0.25, 0.3) is 10.8 Å². The molecule has 1 atom stereocenters. The van der Waals surface area contributed by atoms with Crippen molar-refractivity contribution in [3.63, 3.8) is 0 Å². The molecule has 2 nitrogen and oxygen atoms in total. The average Bonchev–Trinajstić information content (AvgIpc) is 2.97. The van der Waals surface area contributed by atoms with Gasteiger partial charge in [-0.2, -0.15) is 0 Å². The van der Waals surface area contributed by atoms with Crippen LogP contribution in [0.1, 0.15) is 67.7 Å². The van der Waals surface area contributed by atoms with Gasteiger partial charge in [0.1, 0.15) is 0 Å². The number of allylic oxidation sites excluding steroid dienone is 4. The number of hydrogen-bond donors (Lipinski definition) is 0. The van der Waals surface area contributed by atoms with Crippen LogP contribution in [0.2, 0.25) is 0 Å². The Bertz CT molecular complexity index is 1000. The molecule has 0 aromatic heterocycles. The van der Waals surface area contributed by atoms with Crippen LogP contribution in [0.4, 0.5) is 0 Å². The normalized spacial score (nSPS) is 19.2. The van der Waals surface area contributed by atoms with E-state index in [1.165, 1.54) is 45.2 Å². The first kappa shape index (κ1) is 17.0. The van der Waals surface area contributed by atoms with E-state index >= 15 is 0 Å². The average molecular weight is 344 g/mol. The van der Waals surface area contributed by atoms with E-state index < -0.39 is 0 Å². The Hall–Kier alpha value is -2.48. The lowest BCUT2D eigenvalue weighted by atomic mass is 9.85. The number of hydrogen-bond acceptors (Lipinski definition) is 2. The lowest BCUT2D eigenvalue weighted by molar-refractivity contribution is -0.114. The molecule has 2 aromatic rings. The fourth-order valence-electron chi connectivity index (χ4n) is 4.38. The molecule has 2 aromatic carbocycles. The van der Waals surface area contributed by atoms with E-state index in [1.807, 2.05) is 0 Å². The molecule has 0 N–H and O–H groups in total. The highest BCUT2D eigenvalue weighted by atomic mass is 16.1. The highest BCUT2D eigenvalue weighted by Gasteiger charge is 2.33. The predicted octanol–water partition coefficient (Wildman–Crippen LogP) is 5.36.